The van der Waals surface area contributed by atoms with Gasteiger partial charge in [-0.3, -0.25) is 0 Å². The van der Waals surface area contributed by atoms with Crippen molar-refractivity contribution in [3.8, 4) is 22.6 Å². The zero-order chi connectivity index (χ0) is 23.5. The Kier molecular flexibility index (Phi) is 7.64. The van der Waals surface area contributed by atoms with Gasteiger partial charge in [-0.25, -0.2) is 13.1 Å². The van der Waals surface area contributed by atoms with Gasteiger partial charge in [-0.05, 0) is 55.9 Å². The van der Waals surface area contributed by atoms with E-state index in [-0.39, 0.29) is 28.9 Å². The number of ether oxygens (including phenoxy) is 1. The summed E-state index contributed by atoms with van der Waals surface area (Å²) in [7, 11) is -4.03. The minimum atomic E-state index is -4.03. The lowest BCUT2D eigenvalue weighted by atomic mass is 9.91. The fourth-order valence-electron chi connectivity index (χ4n) is 3.96. The van der Waals surface area contributed by atoms with Crippen molar-refractivity contribution in [1.29, 1.82) is 0 Å². The highest BCUT2D eigenvalue weighted by molar-refractivity contribution is 7.89. The molecule has 2 aromatic rings. The molecule has 0 saturated carbocycles. The highest BCUT2D eigenvalue weighted by Crippen LogP contribution is 2.46. The quantitative estimate of drug-likeness (QED) is 0.439. The van der Waals surface area contributed by atoms with E-state index in [4.69, 9.17) is 4.74 Å². The van der Waals surface area contributed by atoms with Gasteiger partial charge in [-0.1, -0.05) is 55.7 Å². The lowest BCUT2D eigenvalue weighted by molar-refractivity contribution is -0.0455. The Labute approximate surface area is 191 Å². The molecule has 32 heavy (non-hydrogen) atoms. The van der Waals surface area contributed by atoms with Crippen LogP contribution >= 0.6 is 0 Å². The number of aryl methyl sites for hydroxylation is 2. The van der Waals surface area contributed by atoms with Gasteiger partial charge in [0.15, 0.2) is 0 Å². The van der Waals surface area contributed by atoms with Crippen molar-refractivity contribution < 1.29 is 23.4 Å². The summed E-state index contributed by atoms with van der Waals surface area (Å²) < 4.78 is 34.5. The highest BCUT2D eigenvalue weighted by atomic mass is 32.2. The molecule has 0 aromatic heterocycles. The van der Waals surface area contributed by atoms with Crippen LogP contribution in [0.4, 0.5) is 0 Å². The van der Waals surface area contributed by atoms with Gasteiger partial charge in [0.2, 0.25) is 10.0 Å². The predicted molar refractivity (Wildman–Crippen MR) is 127 cm³/mol. The second-order valence-electron chi connectivity index (χ2n) is 8.53. The van der Waals surface area contributed by atoms with Crippen LogP contribution in [0.1, 0.15) is 56.2 Å². The lowest BCUT2D eigenvalue weighted by Gasteiger charge is -2.27. The largest absolute Gasteiger partial charge is 0.507 e. The number of sulfonamides is 1. The van der Waals surface area contributed by atoms with Crippen molar-refractivity contribution in [2.75, 3.05) is 13.2 Å². The van der Waals surface area contributed by atoms with E-state index < -0.39 is 15.8 Å². The van der Waals surface area contributed by atoms with E-state index in [1.165, 1.54) is 6.07 Å². The Morgan fingerprint density at radius 1 is 1.25 bits per heavy atom. The number of phenols is 2. The highest BCUT2D eigenvalue weighted by Gasteiger charge is 2.30. The summed E-state index contributed by atoms with van der Waals surface area (Å²) in [6.45, 7) is 10.6. The molecule has 1 atom stereocenters. The minimum Gasteiger partial charge on any atom is -0.507 e. The topological polar surface area (TPSA) is 95.9 Å². The molecule has 0 bridgehead atoms. The van der Waals surface area contributed by atoms with Crippen molar-refractivity contribution in [2.45, 2.75) is 63.9 Å². The Bertz CT molecular complexity index is 1100. The van der Waals surface area contributed by atoms with Gasteiger partial charge < -0.3 is 14.9 Å². The maximum Gasteiger partial charge on any atom is 0.244 e. The fraction of sp³-hybridized carbons (Fsp3) is 0.440. The molecule has 1 aliphatic rings. The molecule has 1 aliphatic heterocycles. The summed E-state index contributed by atoms with van der Waals surface area (Å²) in [5.41, 5.74) is 3.46. The van der Waals surface area contributed by atoms with Crippen LogP contribution < -0.4 is 4.72 Å². The Morgan fingerprint density at radius 2 is 1.97 bits per heavy atom. The first kappa shape index (κ1) is 24.3. The molecule has 0 spiro atoms. The normalized spacial score (nSPS) is 16.0. The maximum absolute atomic E-state index is 13.3. The van der Waals surface area contributed by atoms with Crippen molar-refractivity contribution in [1.82, 2.24) is 4.72 Å². The van der Waals surface area contributed by atoms with E-state index in [2.05, 4.69) is 18.2 Å². The minimum absolute atomic E-state index is 0.103. The third-order valence-corrected chi connectivity index (χ3v) is 7.37. The van der Waals surface area contributed by atoms with Crippen LogP contribution in [0, 0.1) is 6.92 Å². The first-order chi connectivity index (χ1) is 15.2. The number of phenolic OH excluding ortho intramolecular Hbond substituents is 2. The number of aromatic hydroxyl groups is 2. The van der Waals surface area contributed by atoms with Gasteiger partial charge in [0.1, 0.15) is 16.4 Å². The molecule has 7 heteroatoms. The molecule has 3 rings (SSSR count). The molecule has 1 saturated heterocycles. The zero-order valence-corrected chi connectivity index (χ0v) is 19.9. The van der Waals surface area contributed by atoms with Crippen LogP contribution in [0.25, 0.3) is 16.7 Å². The van der Waals surface area contributed by atoms with Gasteiger partial charge in [0.25, 0.3) is 0 Å². The molecule has 3 N–H and O–H groups in total. The summed E-state index contributed by atoms with van der Waals surface area (Å²) in [5, 5.41) is 22.2. The summed E-state index contributed by atoms with van der Waals surface area (Å²) in [6, 6.07) is 7.07. The van der Waals surface area contributed by atoms with E-state index in [9.17, 15) is 18.6 Å². The number of benzene rings is 2. The molecule has 1 fully saturated rings. The Balaban J connectivity index is 2.17. The van der Waals surface area contributed by atoms with Crippen molar-refractivity contribution in [2.24, 2.45) is 0 Å². The van der Waals surface area contributed by atoms with E-state index in [0.29, 0.717) is 24.2 Å². The standard InChI is InChI=1S/C25H33NO5S/c1-5-6-7-8-18-14-22(27)23(21-13-17(4)9-10-20(21)16(2)3)24(28)25(18)32(29,30)26-15-19-11-12-31-19/h9-10,13-14,19,26-28H,2,5-8,11-12,15H2,1,3-4H3. The van der Waals surface area contributed by atoms with E-state index in [1.54, 1.807) is 0 Å². The summed E-state index contributed by atoms with van der Waals surface area (Å²) >= 11 is 0. The monoisotopic (exact) mass is 459 g/mol. The summed E-state index contributed by atoms with van der Waals surface area (Å²) in [4.78, 5) is -0.171. The summed E-state index contributed by atoms with van der Waals surface area (Å²) in [6.07, 6.45) is 3.73. The molecular formula is C25H33NO5S. The second-order valence-corrected chi connectivity index (χ2v) is 10.2. The van der Waals surface area contributed by atoms with Crippen LogP contribution in [0.15, 0.2) is 35.7 Å². The van der Waals surface area contributed by atoms with Crippen LogP contribution in [0.2, 0.25) is 0 Å². The smallest absolute Gasteiger partial charge is 0.244 e. The fourth-order valence-corrected chi connectivity index (χ4v) is 5.38. The molecule has 2 aromatic carbocycles. The first-order valence-corrected chi connectivity index (χ1v) is 12.6. The molecular weight excluding hydrogens is 426 g/mol. The van der Waals surface area contributed by atoms with Crippen molar-refractivity contribution >= 4 is 15.6 Å². The van der Waals surface area contributed by atoms with Gasteiger partial charge in [0.05, 0.1) is 11.7 Å². The second kappa shape index (κ2) is 10.1. The van der Waals surface area contributed by atoms with Crippen molar-refractivity contribution in [3.63, 3.8) is 0 Å². The SMILES string of the molecule is C=C(C)c1ccc(C)cc1-c1c(O)cc(CCCCC)c(S(=O)(=O)NCC2CCO2)c1O. The van der Waals surface area contributed by atoms with Crippen molar-refractivity contribution in [3.05, 3.63) is 47.5 Å². The van der Waals surface area contributed by atoms with Gasteiger partial charge in [0, 0.05) is 13.2 Å². The Morgan fingerprint density at radius 3 is 2.56 bits per heavy atom. The van der Waals surface area contributed by atoms with E-state index in [0.717, 1.165) is 42.4 Å². The third-order valence-electron chi connectivity index (χ3n) is 5.83. The molecule has 0 amide bonds. The number of rotatable bonds is 10. The third kappa shape index (κ3) is 5.17. The Hall–Kier alpha value is -2.35. The number of allylic oxidation sites excluding steroid dienone is 1. The number of hydrogen-bond acceptors (Lipinski definition) is 5. The molecule has 6 nitrogen and oxygen atoms in total. The van der Waals surface area contributed by atoms with Crippen LogP contribution in [-0.4, -0.2) is 37.9 Å². The average Bonchev–Trinajstić information content (AvgIpc) is 2.66. The van der Waals surface area contributed by atoms with Crippen LogP contribution in [0.5, 0.6) is 11.5 Å². The zero-order valence-electron chi connectivity index (χ0n) is 19.1. The number of hydrogen-bond donors (Lipinski definition) is 3. The summed E-state index contributed by atoms with van der Waals surface area (Å²) in [5.74, 6) is -0.588. The molecule has 0 radical (unpaired) electrons. The van der Waals surface area contributed by atoms with Gasteiger partial charge >= 0.3 is 0 Å². The lowest BCUT2D eigenvalue weighted by Crippen LogP contribution is -2.39. The molecule has 0 aliphatic carbocycles. The van der Waals surface area contributed by atoms with Gasteiger partial charge in [-0.2, -0.15) is 0 Å². The van der Waals surface area contributed by atoms with E-state index in [1.807, 2.05) is 32.0 Å². The van der Waals surface area contributed by atoms with E-state index >= 15 is 0 Å². The first-order valence-electron chi connectivity index (χ1n) is 11.1. The predicted octanol–water partition coefficient (Wildman–Crippen LogP) is 4.91. The molecule has 174 valence electrons. The maximum atomic E-state index is 13.3. The number of nitrogens with one attached hydrogen (secondary N) is 1. The molecule has 1 heterocycles. The number of unbranched alkanes of at least 4 members (excludes halogenated alkanes) is 2. The van der Waals surface area contributed by atoms with Crippen LogP contribution in [-0.2, 0) is 21.2 Å². The van der Waals surface area contributed by atoms with Gasteiger partial charge in [-0.15, -0.1) is 0 Å². The molecule has 1 unspecified atom stereocenters. The van der Waals surface area contributed by atoms with Crippen LogP contribution in [0.3, 0.4) is 0 Å². The average molecular weight is 460 g/mol.